The number of halogens is 1. The minimum Gasteiger partial charge on any atom is -0.507 e. The van der Waals surface area contributed by atoms with Crippen molar-refractivity contribution < 1.29 is 14.7 Å². The van der Waals surface area contributed by atoms with E-state index in [1.54, 1.807) is 13.8 Å². The average Bonchev–Trinajstić information content (AvgIpc) is 2.24. The SMILES string of the molecule is CC(C)N(CC(N)=O)C(=O)c1ccc(Cl)cc1O. The molecule has 3 N–H and O–H groups in total. The molecule has 2 amide bonds. The van der Waals surface area contributed by atoms with Crippen LogP contribution in [0.4, 0.5) is 0 Å². The third-order valence-corrected chi connectivity index (χ3v) is 2.64. The molecule has 18 heavy (non-hydrogen) atoms. The van der Waals surface area contributed by atoms with Gasteiger partial charge in [0, 0.05) is 11.1 Å². The van der Waals surface area contributed by atoms with Gasteiger partial charge in [-0.2, -0.15) is 0 Å². The van der Waals surface area contributed by atoms with Gasteiger partial charge in [-0.3, -0.25) is 9.59 Å². The largest absolute Gasteiger partial charge is 0.507 e. The molecule has 0 aliphatic carbocycles. The van der Waals surface area contributed by atoms with Crippen LogP contribution in [0.5, 0.6) is 5.75 Å². The van der Waals surface area contributed by atoms with Crippen molar-refractivity contribution in [2.75, 3.05) is 6.54 Å². The molecular formula is C12H15ClN2O3. The van der Waals surface area contributed by atoms with Gasteiger partial charge in [-0.1, -0.05) is 11.6 Å². The van der Waals surface area contributed by atoms with Gasteiger partial charge in [-0.05, 0) is 32.0 Å². The van der Waals surface area contributed by atoms with E-state index in [1.807, 2.05) is 0 Å². The van der Waals surface area contributed by atoms with Gasteiger partial charge in [0.15, 0.2) is 0 Å². The molecule has 1 rings (SSSR count). The predicted molar refractivity (Wildman–Crippen MR) is 68.5 cm³/mol. The van der Waals surface area contributed by atoms with Crippen LogP contribution < -0.4 is 5.73 Å². The molecule has 6 heteroatoms. The van der Waals surface area contributed by atoms with Crippen LogP contribution in [-0.4, -0.2) is 34.4 Å². The normalized spacial score (nSPS) is 10.4. The van der Waals surface area contributed by atoms with Crippen molar-refractivity contribution in [1.82, 2.24) is 4.90 Å². The highest BCUT2D eigenvalue weighted by Crippen LogP contribution is 2.23. The quantitative estimate of drug-likeness (QED) is 0.867. The lowest BCUT2D eigenvalue weighted by Gasteiger charge is -2.25. The predicted octanol–water partition coefficient (Wildman–Crippen LogP) is 1.38. The molecule has 98 valence electrons. The molecule has 0 fully saturated rings. The number of hydrogen-bond donors (Lipinski definition) is 2. The Morgan fingerprint density at radius 3 is 2.50 bits per heavy atom. The van der Waals surface area contributed by atoms with E-state index in [0.29, 0.717) is 5.02 Å². The Morgan fingerprint density at radius 2 is 2.06 bits per heavy atom. The van der Waals surface area contributed by atoms with Gasteiger partial charge in [0.2, 0.25) is 5.91 Å². The van der Waals surface area contributed by atoms with Gasteiger partial charge in [-0.25, -0.2) is 0 Å². The fourth-order valence-electron chi connectivity index (χ4n) is 1.50. The van der Waals surface area contributed by atoms with E-state index < -0.39 is 11.8 Å². The van der Waals surface area contributed by atoms with Crippen molar-refractivity contribution in [2.24, 2.45) is 5.73 Å². The van der Waals surface area contributed by atoms with E-state index in [4.69, 9.17) is 17.3 Å². The number of phenolic OH excluding ortho intramolecular Hbond substituents is 1. The molecule has 0 aromatic heterocycles. The third kappa shape index (κ3) is 3.37. The molecular weight excluding hydrogens is 256 g/mol. The summed E-state index contributed by atoms with van der Waals surface area (Å²) in [5, 5.41) is 10.0. The van der Waals surface area contributed by atoms with E-state index >= 15 is 0 Å². The minimum atomic E-state index is -0.606. The van der Waals surface area contributed by atoms with Gasteiger partial charge >= 0.3 is 0 Å². The van der Waals surface area contributed by atoms with E-state index in [9.17, 15) is 14.7 Å². The first-order valence-electron chi connectivity index (χ1n) is 5.40. The monoisotopic (exact) mass is 270 g/mol. The van der Waals surface area contributed by atoms with E-state index in [2.05, 4.69) is 0 Å². The van der Waals surface area contributed by atoms with Crippen LogP contribution in [0.15, 0.2) is 18.2 Å². The summed E-state index contributed by atoms with van der Waals surface area (Å²) in [7, 11) is 0. The summed E-state index contributed by atoms with van der Waals surface area (Å²) in [6, 6.07) is 3.98. The fourth-order valence-corrected chi connectivity index (χ4v) is 1.66. The molecule has 5 nitrogen and oxygen atoms in total. The second-order valence-corrected chi connectivity index (χ2v) is 4.59. The Hall–Kier alpha value is -1.75. The van der Waals surface area contributed by atoms with Gasteiger partial charge < -0.3 is 15.7 Å². The molecule has 1 aromatic rings. The van der Waals surface area contributed by atoms with Crippen molar-refractivity contribution in [2.45, 2.75) is 19.9 Å². The van der Waals surface area contributed by atoms with Crippen LogP contribution in [0.3, 0.4) is 0 Å². The Labute approximate surface area is 110 Å². The number of aromatic hydroxyl groups is 1. The topological polar surface area (TPSA) is 83.6 Å². The molecule has 0 heterocycles. The number of benzene rings is 1. The maximum atomic E-state index is 12.2. The van der Waals surface area contributed by atoms with Crippen molar-refractivity contribution in [3.05, 3.63) is 28.8 Å². The number of primary amides is 1. The zero-order valence-electron chi connectivity index (χ0n) is 10.2. The Morgan fingerprint density at radius 1 is 1.44 bits per heavy atom. The smallest absolute Gasteiger partial charge is 0.258 e. The maximum absolute atomic E-state index is 12.2. The number of phenols is 1. The zero-order valence-corrected chi connectivity index (χ0v) is 10.9. The van der Waals surface area contributed by atoms with Crippen molar-refractivity contribution in [3.63, 3.8) is 0 Å². The summed E-state index contributed by atoms with van der Waals surface area (Å²) in [5.41, 5.74) is 5.18. The summed E-state index contributed by atoms with van der Waals surface area (Å²) in [4.78, 5) is 24.4. The van der Waals surface area contributed by atoms with Crippen LogP contribution in [-0.2, 0) is 4.79 Å². The summed E-state index contributed by atoms with van der Waals surface area (Å²) >= 11 is 5.69. The van der Waals surface area contributed by atoms with Crippen LogP contribution >= 0.6 is 11.6 Å². The number of hydrogen-bond acceptors (Lipinski definition) is 3. The van der Waals surface area contributed by atoms with Crippen LogP contribution in [0.2, 0.25) is 5.02 Å². The Kier molecular flexibility index (Phi) is 4.55. The Bertz CT molecular complexity index is 474. The van der Waals surface area contributed by atoms with Crippen LogP contribution in [0, 0.1) is 0 Å². The second kappa shape index (κ2) is 5.73. The van der Waals surface area contributed by atoms with E-state index in [1.165, 1.54) is 23.1 Å². The number of rotatable bonds is 4. The zero-order chi connectivity index (χ0) is 13.9. The molecule has 0 spiro atoms. The molecule has 0 atom stereocenters. The van der Waals surface area contributed by atoms with Crippen molar-refractivity contribution in [3.8, 4) is 5.75 Å². The fraction of sp³-hybridized carbons (Fsp3) is 0.333. The first kappa shape index (κ1) is 14.3. The first-order valence-corrected chi connectivity index (χ1v) is 5.78. The summed E-state index contributed by atoms with van der Waals surface area (Å²) < 4.78 is 0. The highest BCUT2D eigenvalue weighted by atomic mass is 35.5. The molecule has 0 saturated heterocycles. The Balaban J connectivity index is 3.05. The van der Waals surface area contributed by atoms with Gasteiger partial charge in [0.25, 0.3) is 5.91 Å². The molecule has 0 aliphatic heterocycles. The molecule has 0 bridgehead atoms. The number of amides is 2. The number of carbonyl (C=O) groups is 2. The summed E-state index contributed by atoms with van der Waals surface area (Å²) in [5.74, 6) is -1.29. The molecule has 1 aromatic carbocycles. The lowest BCUT2D eigenvalue weighted by atomic mass is 10.1. The molecule has 0 aliphatic rings. The lowest BCUT2D eigenvalue weighted by molar-refractivity contribution is -0.119. The van der Waals surface area contributed by atoms with Gasteiger partial charge in [0.1, 0.15) is 5.75 Å². The lowest BCUT2D eigenvalue weighted by Crippen LogP contribution is -2.42. The summed E-state index contributed by atoms with van der Waals surface area (Å²) in [6.07, 6.45) is 0. The third-order valence-electron chi connectivity index (χ3n) is 2.40. The summed E-state index contributed by atoms with van der Waals surface area (Å²) in [6.45, 7) is 3.32. The van der Waals surface area contributed by atoms with Gasteiger partial charge in [-0.15, -0.1) is 0 Å². The molecule has 0 saturated carbocycles. The van der Waals surface area contributed by atoms with Crippen molar-refractivity contribution in [1.29, 1.82) is 0 Å². The molecule has 0 unspecified atom stereocenters. The highest BCUT2D eigenvalue weighted by molar-refractivity contribution is 6.30. The number of nitrogens with two attached hydrogens (primary N) is 1. The van der Waals surface area contributed by atoms with Crippen LogP contribution in [0.25, 0.3) is 0 Å². The van der Waals surface area contributed by atoms with Crippen molar-refractivity contribution >= 4 is 23.4 Å². The van der Waals surface area contributed by atoms with Crippen LogP contribution in [0.1, 0.15) is 24.2 Å². The number of carbonyl (C=O) groups excluding carboxylic acids is 2. The van der Waals surface area contributed by atoms with E-state index in [-0.39, 0.29) is 23.9 Å². The highest BCUT2D eigenvalue weighted by Gasteiger charge is 2.22. The second-order valence-electron chi connectivity index (χ2n) is 4.15. The number of nitrogens with zero attached hydrogens (tertiary/aromatic N) is 1. The maximum Gasteiger partial charge on any atom is 0.258 e. The standard InChI is InChI=1S/C12H15ClN2O3/c1-7(2)15(6-11(14)17)12(18)9-4-3-8(13)5-10(9)16/h3-5,7,16H,6H2,1-2H3,(H2,14,17). The molecule has 0 radical (unpaired) electrons. The average molecular weight is 271 g/mol. The first-order chi connectivity index (χ1) is 8.32. The van der Waals surface area contributed by atoms with E-state index in [0.717, 1.165) is 0 Å². The van der Waals surface area contributed by atoms with Gasteiger partial charge in [0.05, 0.1) is 12.1 Å². The minimum absolute atomic E-state index is 0.0920.